The molecule has 0 aliphatic rings. The van der Waals surface area contributed by atoms with Crippen molar-refractivity contribution in [3.8, 4) is 5.75 Å². The van der Waals surface area contributed by atoms with Gasteiger partial charge in [-0.15, -0.1) is 0 Å². The van der Waals surface area contributed by atoms with E-state index in [0.717, 1.165) is 11.1 Å². The van der Waals surface area contributed by atoms with Gasteiger partial charge in [-0.25, -0.2) is 0 Å². The van der Waals surface area contributed by atoms with Crippen molar-refractivity contribution in [1.29, 1.82) is 0 Å². The van der Waals surface area contributed by atoms with Gasteiger partial charge in [-0.1, -0.05) is 35.9 Å². The van der Waals surface area contributed by atoms with E-state index in [2.05, 4.69) is 5.32 Å². The van der Waals surface area contributed by atoms with E-state index in [4.69, 9.17) is 16.3 Å². The highest BCUT2D eigenvalue weighted by molar-refractivity contribution is 6.30. The Morgan fingerprint density at radius 2 is 1.83 bits per heavy atom. The largest absolute Gasteiger partial charge is 0.484 e. The lowest BCUT2D eigenvalue weighted by atomic mass is 10.1. The molecule has 5 nitrogen and oxygen atoms in total. The molecule has 0 saturated carbocycles. The molecule has 0 unspecified atom stereocenters. The molecular formula is C23H29ClN2O3. The number of benzene rings is 2. The van der Waals surface area contributed by atoms with E-state index < -0.39 is 11.6 Å². The van der Waals surface area contributed by atoms with Crippen molar-refractivity contribution in [1.82, 2.24) is 10.2 Å². The Bertz CT molecular complexity index is 861. The molecule has 0 bridgehead atoms. The average Bonchev–Trinajstić information content (AvgIpc) is 2.62. The van der Waals surface area contributed by atoms with Crippen LogP contribution in [0.15, 0.2) is 48.5 Å². The maximum Gasteiger partial charge on any atom is 0.261 e. The highest BCUT2D eigenvalue weighted by atomic mass is 35.5. The van der Waals surface area contributed by atoms with Gasteiger partial charge >= 0.3 is 0 Å². The van der Waals surface area contributed by atoms with Crippen LogP contribution in [0.5, 0.6) is 5.75 Å². The first-order valence-corrected chi connectivity index (χ1v) is 9.98. The number of hydrogen-bond donors (Lipinski definition) is 1. The van der Waals surface area contributed by atoms with Gasteiger partial charge in [0, 0.05) is 17.1 Å². The fraction of sp³-hybridized carbons (Fsp3) is 0.391. The number of nitrogens with one attached hydrogen (secondary N) is 1. The molecule has 2 amide bonds. The molecule has 0 saturated heterocycles. The molecule has 0 heterocycles. The Morgan fingerprint density at radius 3 is 2.45 bits per heavy atom. The van der Waals surface area contributed by atoms with Crippen molar-refractivity contribution >= 4 is 23.4 Å². The van der Waals surface area contributed by atoms with Crippen molar-refractivity contribution in [3.05, 3.63) is 64.7 Å². The molecule has 0 spiro atoms. The van der Waals surface area contributed by atoms with Crippen molar-refractivity contribution in [2.45, 2.75) is 52.7 Å². The number of carbonyl (C=O) groups is 2. The number of aryl methyl sites for hydroxylation is 1. The van der Waals surface area contributed by atoms with Gasteiger partial charge < -0.3 is 15.0 Å². The number of amides is 2. The summed E-state index contributed by atoms with van der Waals surface area (Å²) >= 11 is 6.09. The second-order valence-corrected chi connectivity index (χ2v) is 8.61. The molecule has 0 aromatic heterocycles. The smallest absolute Gasteiger partial charge is 0.261 e. The summed E-state index contributed by atoms with van der Waals surface area (Å²) < 4.78 is 5.67. The first kappa shape index (κ1) is 22.8. The Hall–Kier alpha value is -2.53. The molecule has 0 aliphatic heterocycles. The summed E-state index contributed by atoms with van der Waals surface area (Å²) in [6.45, 7) is 9.49. The average molecular weight is 417 g/mol. The molecule has 0 aliphatic carbocycles. The predicted molar refractivity (Wildman–Crippen MR) is 116 cm³/mol. The number of carbonyl (C=O) groups excluding carboxylic acids is 2. The molecule has 2 aromatic carbocycles. The van der Waals surface area contributed by atoms with Crippen LogP contribution >= 0.6 is 11.6 Å². The Labute approximate surface area is 178 Å². The third kappa shape index (κ3) is 7.42. The van der Waals surface area contributed by atoms with E-state index in [1.165, 1.54) is 4.90 Å². The zero-order chi connectivity index (χ0) is 21.6. The maximum atomic E-state index is 13.0. The van der Waals surface area contributed by atoms with E-state index in [1.54, 1.807) is 25.1 Å². The van der Waals surface area contributed by atoms with Crippen LogP contribution < -0.4 is 10.1 Å². The monoisotopic (exact) mass is 416 g/mol. The molecule has 156 valence electrons. The van der Waals surface area contributed by atoms with Gasteiger partial charge in [0.05, 0.1) is 0 Å². The van der Waals surface area contributed by atoms with Gasteiger partial charge in [-0.3, -0.25) is 9.59 Å². The molecular weight excluding hydrogens is 388 g/mol. The zero-order valence-corrected chi connectivity index (χ0v) is 18.4. The van der Waals surface area contributed by atoms with Crippen LogP contribution in [0.2, 0.25) is 5.02 Å². The normalized spacial score (nSPS) is 12.2. The van der Waals surface area contributed by atoms with Gasteiger partial charge in [0.25, 0.3) is 5.91 Å². The molecule has 0 radical (unpaired) electrons. The standard InChI is InChI=1S/C23H29ClN2O3/c1-16-8-6-11-20(12-16)29-15-21(27)26(14-18-9-7-10-19(24)13-18)17(2)22(28)25-23(3,4)5/h6-13,17H,14-15H2,1-5H3,(H,25,28)/t17-/m1/s1. The predicted octanol–water partition coefficient (Wildman–Crippen LogP) is 4.36. The second-order valence-electron chi connectivity index (χ2n) is 8.17. The molecule has 0 fully saturated rings. The number of halogens is 1. The quantitative estimate of drug-likeness (QED) is 0.729. The summed E-state index contributed by atoms with van der Waals surface area (Å²) in [7, 11) is 0. The van der Waals surface area contributed by atoms with Crippen LogP contribution in [0.25, 0.3) is 0 Å². The topological polar surface area (TPSA) is 58.6 Å². The fourth-order valence-electron chi connectivity index (χ4n) is 2.82. The summed E-state index contributed by atoms with van der Waals surface area (Å²) in [5.74, 6) is 0.124. The van der Waals surface area contributed by atoms with E-state index in [9.17, 15) is 9.59 Å². The Morgan fingerprint density at radius 1 is 1.14 bits per heavy atom. The van der Waals surface area contributed by atoms with Crippen molar-refractivity contribution in [2.24, 2.45) is 0 Å². The fourth-order valence-corrected chi connectivity index (χ4v) is 3.03. The Balaban J connectivity index is 2.18. The van der Waals surface area contributed by atoms with Crippen LogP contribution in [-0.2, 0) is 16.1 Å². The molecule has 29 heavy (non-hydrogen) atoms. The SMILES string of the molecule is Cc1cccc(OCC(=O)N(Cc2cccc(Cl)c2)[C@H](C)C(=O)NC(C)(C)C)c1. The van der Waals surface area contributed by atoms with Gasteiger partial charge in [0.1, 0.15) is 11.8 Å². The molecule has 6 heteroatoms. The van der Waals surface area contributed by atoms with E-state index in [-0.39, 0.29) is 25.0 Å². The number of hydrogen-bond acceptors (Lipinski definition) is 3. The summed E-state index contributed by atoms with van der Waals surface area (Å²) in [6.07, 6.45) is 0. The summed E-state index contributed by atoms with van der Waals surface area (Å²) in [5.41, 5.74) is 1.49. The van der Waals surface area contributed by atoms with Crippen molar-refractivity contribution < 1.29 is 14.3 Å². The van der Waals surface area contributed by atoms with E-state index in [1.807, 2.05) is 58.0 Å². The van der Waals surface area contributed by atoms with Gasteiger partial charge in [-0.05, 0) is 70.0 Å². The lowest BCUT2D eigenvalue weighted by Crippen LogP contribution is -2.53. The minimum atomic E-state index is -0.665. The first-order chi connectivity index (χ1) is 13.5. The lowest BCUT2D eigenvalue weighted by Gasteiger charge is -2.31. The lowest BCUT2D eigenvalue weighted by molar-refractivity contribution is -0.142. The zero-order valence-electron chi connectivity index (χ0n) is 17.7. The second kappa shape index (κ2) is 9.79. The number of rotatable bonds is 7. The molecule has 2 aromatic rings. The molecule has 1 atom stereocenters. The first-order valence-electron chi connectivity index (χ1n) is 9.60. The Kier molecular flexibility index (Phi) is 7.68. The van der Waals surface area contributed by atoms with Crippen LogP contribution in [0.1, 0.15) is 38.8 Å². The number of nitrogens with zero attached hydrogens (tertiary/aromatic N) is 1. The highest BCUT2D eigenvalue weighted by Crippen LogP contribution is 2.17. The van der Waals surface area contributed by atoms with Gasteiger partial charge in [0.15, 0.2) is 6.61 Å². The summed E-state index contributed by atoms with van der Waals surface area (Å²) in [4.78, 5) is 27.2. The third-order valence-corrected chi connectivity index (χ3v) is 4.49. The van der Waals surface area contributed by atoms with Crippen molar-refractivity contribution in [3.63, 3.8) is 0 Å². The van der Waals surface area contributed by atoms with E-state index >= 15 is 0 Å². The minimum Gasteiger partial charge on any atom is -0.484 e. The van der Waals surface area contributed by atoms with E-state index in [0.29, 0.717) is 10.8 Å². The minimum absolute atomic E-state index is 0.156. The summed E-state index contributed by atoms with van der Waals surface area (Å²) in [5, 5.41) is 3.51. The third-order valence-electron chi connectivity index (χ3n) is 4.26. The van der Waals surface area contributed by atoms with Crippen LogP contribution in [0, 0.1) is 6.92 Å². The number of ether oxygens (including phenoxy) is 1. The van der Waals surface area contributed by atoms with Crippen LogP contribution in [0.3, 0.4) is 0 Å². The maximum absolute atomic E-state index is 13.0. The molecule has 2 rings (SSSR count). The molecule has 1 N–H and O–H groups in total. The van der Waals surface area contributed by atoms with Crippen molar-refractivity contribution in [2.75, 3.05) is 6.61 Å². The van der Waals surface area contributed by atoms with Gasteiger partial charge in [0.2, 0.25) is 5.91 Å². The highest BCUT2D eigenvalue weighted by Gasteiger charge is 2.28. The summed E-state index contributed by atoms with van der Waals surface area (Å²) in [6, 6.07) is 14.1. The van der Waals surface area contributed by atoms with Crippen LogP contribution in [-0.4, -0.2) is 34.9 Å². The van der Waals surface area contributed by atoms with Crippen LogP contribution in [0.4, 0.5) is 0 Å². The van der Waals surface area contributed by atoms with Gasteiger partial charge in [-0.2, -0.15) is 0 Å².